The first kappa shape index (κ1) is 11.3. The predicted molar refractivity (Wildman–Crippen MR) is 59.8 cm³/mol. The molecular formula is C10H10Cl2FN. The first-order valence-electron chi connectivity index (χ1n) is 4.14. The molecule has 0 atom stereocenters. The van der Waals surface area contributed by atoms with Crippen LogP contribution in [0.3, 0.4) is 0 Å². The highest BCUT2D eigenvalue weighted by molar-refractivity contribution is 6.30. The fourth-order valence-corrected chi connectivity index (χ4v) is 1.25. The molecule has 0 aliphatic carbocycles. The molecule has 1 nitrogen and oxygen atoms in total. The van der Waals surface area contributed by atoms with Crippen molar-refractivity contribution in [2.75, 3.05) is 17.7 Å². The Morgan fingerprint density at radius 3 is 2.86 bits per heavy atom. The summed E-state index contributed by atoms with van der Waals surface area (Å²) in [7, 11) is 0. The van der Waals surface area contributed by atoms with Gasteiger partial charge in [-0.05, 0) is 18.2 Å². The molecule has 0 aliphatic rings. The van der Waals surface area contributed by atoms with Crippen LogP contribution in [0.2, 0.25) is 5.02 Å². The first-order valence-corrected chi connectivity index (χ1v) is 5.05. The predicted octanol–water partition coefficient (Wildman–Crippen LogP) is 3.69. The highest BCUT2D eigenvalue weighted by Gasteiger charge is 2.00. The monoisotopic (exact) mass is 233 g/mol. The summed E-state index contributed by atoms with van der Waals surface area (Å²) in [5.41, 5.74) is 0.400. The average Bonchev–Trinajstić information content (AvgIpc) is 2.18. The number of hydrogen-bond acceptors (Lipinski definition) is 1. The third kappa shape index (κ3) is 3.56. The van der Waals surface area contributed by atoms with E-state index in [1.807, 2.05) is 6.08 Å². The van der Waals surface area contributed by atoms with Gasteiger partial charge >= 0.3 is 0 Å². The minimum absolute atomic E-state index is 0.311. The normalized spacial score (nSPS) is 10.8. The molecule has 1 aromatic rings. The van der Waals surface area contributed by atoms with Gasteiger partial charge in [-0.2, -0.15) is 0 Å². The van der Waals surface area contributed by atoms with Crippen LogP contribution in [0.15, 0.2) is 30.4 Å². The molecule has 0 amide bonds. The van der Waals surface area contributed by atoms with Gasteiger partial charge in [0.05, 0.1) is 5.69 Å². The van der Waals surface area contributed by atoms with E-state index in [9.17, 15) is 4.39 Å². The summed E-state index contributed by atoms with van der Waals surface area (Å²) < 4.78 is 13.1. The van der Waals surface area contributed by atoms with Crippen LogP contribution in [-0.2, 0) is 0 Å². The quantitative estimate of drug-likeness (QED) is 0.618. The Labute approximate surface area is 92.5 Å². The third-order valence-electron chi connectivity index (χ3n) is 1.59. The van der Waals surface area contributed by atoms with Gasteiger partial charge in [0.15, 0.2) is 0 Å². The lowest BCUT2D eigenvalue weighted by Gasteiger charge is -2.04. The largest absolute Gasteiger partial charge is 0.379 e. The maximum Gasteiger partial charge on any atom is 0.146 e. The van der Waals surface area contributed by atoms with Gasteiger partial charge in [0.2, 0.25) is 0 Å². The van der Waals surface area contributed by atoms with Crippen LogP contribution < -0.4 is 5.32 Å². The van der Waals surface area contributed by atoms with Crippen LogP contribution in [0.5, 0.6) is 0 Å². The Hall–Kier alpha value is -0.730. The molecule has 1 rings (SSSR count). The van der Waals surface area contributed by atoms with Crippen molar-refractivity contribution in [2.24, 2.45) is 0 Å². The Morgan fingerprint density at radius 2 is 2.14 bits per heavy atom. The number of allylic oxidation sites excluding steroid dienone is 1. The lowest BCUT2D eigenvalue weighted by Crippen LogP contribution is -2.00. The molecular weight excluding hydrogens is 224 g/mol. The van der Waals surface area contributed by atoms with Crippen LogP contribution in [0.1, 0.15) is 0 Å². The molecule has 0 fully saturated rings. The Kier molecular flexibility index (Phi) is 4.77. The van der Waals surface area contributed by atoms with Gasteiger partial charge < -0.3 is 5.32 Å². The zero-order valence-electron chi connectivity index (χ0n) is 7.43. The van der Waals surface area contributed by atoms with E-state index in [-0.39, 0.29) is 5.82 Å². The number of halogens is 3. The zero-order valence-corrected chi connectivity index (χ0v) is 8.95. The van der Waals surface area contributed by atoms with E-state index in [1.54, 1.807) is 12.1 Å². The molecule has 0 radical (unpaired) electrons. The number of nitrogens with one attached hydrogen (secondary N) is 1. The van der Waals surface area contributed by atoms with E-state index in [0.29, 0.717) is 23.1 Å². The van der Waals surface area contributed by atoms with Crippen molar-refractivity contribution < 1.29 is 4.39 Å². The SMILES string of the molecule is Fc1ccc(Cl)cc1NC/C=C/CCl. The second-order valence-corrected chi connectivity index (χ2v) is 3.38. The van der Waals surface area contributed by atoms with Crippen molar-refractivity contribution in [2.45, 2.75) is 0 Å². The van der Waals surface area contributed by atoms with Gasteiger partial charge in [0.1, 0.15) is 5.82 Å². The molecule has 0 bridgehead atoms. The minimum atomic E-state index is -0.311. The summed E-state index contributed by atoms with van der Waals surface area (Å²) in [4.78, 5) is 0. The molecule has 0 spiro atoms. The zero-order chi connectivity index (χ0) is 10.4. The van der Waals surface area contributed by atoms with Gasteiger partial charge in [0, 0.05) is 17.4 Å². The molecule has 14 heavy (non-hydrogen) atoms. The van der Waals surface area contributed by atoms with Crippen molar-refractivity contribution >= 4 is 28.9 Å². The van der Waals surface area contributed by atoms with Crippen molar-refractivity contribution in [3.63, 3.8) is 0 Å². The molecule has 76 valence electrons. The number of rotatable bonds is 4. The molecule has 0 aromatic heterocycles. The second-order valence-electron chi connectivity index (χ2n) is 2.63. The fraction of sp³-hybridized carbons (Fsp3) is 0.200. The molecule has 4 heteroatoms. The van der Waals surface area contributed by atoms with E-state index >= 15 is 0 Å². The van der Waals surface area contributed by atoms with Crippen LogP contribution in [-0.4, -0.2) is 12.4 Å². The van der Waals surface area contributed by atoms with Crippen molar-refractivity contribution in [1.82, 2.24) is 0 Å². The number of hydrogen-bond donors (Lipinski definition) is 1. The number of anilines is 1. The summed E-state index contributed by atoms with van der Waals surface area (Å²) >= 11 is 11.1. The average molecular weight is 234 g/mol. The van der Waals surface area contributed by atoms with Crippen LogP contribution in [0.4, 0.5) is 10.1 Å². The molecule has 0 saturated heterocycles. The summed E-state index contributed by atoms with van der Waals surface area (Å²) in [6, 6.07) is 4.39. The minimum Gasteiger partial charge on any atom is -0.379 e. The lowest BCUT2D eigenvalue weighted by atomic mass is 10.3. The van der Waals surface area contributed by atoms with E-state index in [1.165, 1.54) is 12.1 Å². The van der Waals surface area contributed by atoms with Crippen molar-refractivity contribution in [3.8, 4) is 0 Å². The van der Waals surface area contributed by atoms with Crippen molar-refractivity contribution in [1.29, 1.82) is 0 Å². The van der Waals surface area contributed by atoms with Gasteiger partial charge in [-0.25, -0.2) is 4.39 Å². The maximum absolute atomic E-state index is 13.1. The van der Waals surface area contributed by atoms with Crippen LogP contribution in [0, 0.1) is 5.82 Å². The molecule has 0 heterocycles. The van der Waals surface area contributed by atoms with Gasteiger partial charge in [-0.15, -0.1) is 11.6 Å². The summed E-state index contributed by atoms with van der Waals surface area (Å²) in [6.45, 7) is 0.532. The van der Waals surface area contributed by atoms with E-state index < -0.39 is 0 Å². The first-order chi connectivity index (χ1) is 6.74. The van der Waals surface area contributed by atoms with E-state index in [4.69, 9.17) is 23.2 Å². The Morgan fingerprint density at radius 1 is 1.36 bits per heavy atom. The lowest BCUT2D eigenvalue weighted by molar-refractivity contribution is 0.631. The summed E-state index contributed by atoms with van der Waals surface area (Å²) in [5, 5.41) is 3.39. The standard InChI is InChI=1S/C10H10Cl2FN/c11-5-1-2-6-14-10-7-8(12)3-4-9(10)13/h1-4,7,14H,5-6H2/b2-1+. The highest BCUT2D eigenvalue weighted by Crippen LogP contribution is 2.19. The maximum atomic E-state index is 13.1. The molecule has 1 N–H and O–H groups in total. The second kappa shape index (κ2) is 5.89. The summed E-state index contributed by atoms with van der Waals surface area (Å²) in [6.07, 6.45) is 3.62. The van der Waals surface area contributed by atoms with Gasteiger partial charge in [-0.3, -0.25) is 0 Å². The summed E-state index contributed by atoms with van der Waals surface area (Å²) in [5.74, 6) is 0.147. The van der Waals surface area contributed by atoms with E-state index in [0.717, 1.165) is 0 Å². The number of alkyl halides is 1. The third-order valence-corrected chi connectivity index (χ3v) is 2.01. The molecule has 0 aliphatic heterocycles. The molecule has 1 aromatic carbocycles. The smallest absolute Gasteiger partial charge is 0.146 e. The molecule has 0 unspecified atom stereocenters. The molecule has 0 saturated carbocycles. The number of benzene rings is 1. The van der Waals surface area contributed by atoms with Gasteiger partial charge in [0.25, 0.3) is 0 Å². The topological polar surface area (TPSA) is 12.0 Å². The Bertz CT molecular complexity index is 326. The van der Waals surface area contributed by atoms with Crippen LogP contribution >= 0.6 is 23.2 Å². The van der Waals surface area contributed by atoms with E-state index in [2.05, 4.69) is 5.32 Å². The van der Waals surface area contributed by atoms with Gasteiger partial charge in [-0.1, -0.05) is 23.8 Å². The van der Waals surface area contributed by atoms with Crippen molar-refractivity contribution in [3.05, 3.63) is 41.2 Å². The highest BCUT2D eigenvalue weighted by atomic mass is 35.5. The van der Waals surface area contributed by atoms with Crippen LogP contribution in [0.25, 0.3) is 0 Å². The fourth-order valence-electron chi connectivity index (χ4n) is 0.948. The Balaban J connectivity index is 2.57.